The Morgan fingerprint density at radius 2 is 1.81 bits per heavy atom. The summed E-state index contributed by atoms with van der Waals surface area (Å²) in [5, 5.41) is 0. The number of nitrogen functional groups attached to an aromatic ring is 1. The first-order valence-corrected chi connectivity index (χ1v) is 7.64. The molecule has 0 amide bonds. The molecule has 0 bridgehead atoms. The van der Waals surface area contributed by atoms with Gasteiger partial charge in [0.2, 0.25) is 0 Å². The minimum absolute atomic E-state index is 0.178. The monoisotopic (exact) mass is 309 g/mol. The topological polar surface area (TPSA) is 75.4 Å². The Morgan fingerprint density at radius 1 is 1.14 bits per heavy atom. The Bertz CT molecular complexity index is 761. The molecule has 0 saturated heterocycles. The van der Waals surface area contributed by atoms with Crippen LogP contribution >= 0.6 is 0 Å². The lowest BCUT2D eigenvalue weighted by molar-refractivity contribution is 0.570. The molecule has 21 heavy (non-hydrogen) atoms. The largest absolute Gasteiger partial charge is 0.399 e. The maximum atomic E-state index is 13.7. The van der Waals surface area contributed by atoms with Gasteiger partial charge in [-0.25, -0.2) is 12.8 Å². The summed E-state index contributed by atoms with van der Waals surface area (Å²) in [6.07, 6.45) is 0. The lowest BCUT2D eigenvalue weighted by atomic mass is 10.2. The number of hydrogen-bond donors (Lipinski definition) is 2. The van der Waals surface area contributed by atoms with E-state index in [-0.39, 0.29) is 5.69 Å². The van der Waals surface area contributed by atoms with E-state index in [9.17, 15) is 12.8 Å². The van der Waals surface area contributed by atoms with E-state index in [0.29, 0.717) is 11.4 Å². The zero-order valence-electron chi connectivity index (χ0n) is 11.7. The molecular weight excluding hydrogens is 293 g/mol. The maximum Gasteiger partial charge on any atom is 0.264 e. The first-order chi connectivity index (χ1) is 9.81. The molecule has 5 nitrogen and oxygen atoms in total. The van der Waals surface area contributed by atoms with Gasteiger partial charge in [0.05, 0.1) is 11.4 Å². The van der Waals surface area contributed by atoms with Gasteiger partial charge in [0.15, 0.2) is 0 Å². The van der Waals surface area contributed by atoms with E-state index in [4.69, 9.17) is 5.73 Å². The number of nitrogens with one attached hydrogen (secondary N) is 1. The third-order valence-electron chi connectivity index (χ3n) is 2.87. The predicted octanol–water partition coefficient (Wildman–Crippen LogP) is 2.27. The fourth-order valence-corrected chi connectivity index (χ4v) is 3.06. The van der Waals surface area contributed by atoms with Crippen LogP contribution in [0.25, 0.3) is 0 Å². The summed E-state index contributed by atoms with van der Waals surface area (Å²) in [6, 6.07) is 10.3. The van der Waals surface area contributed by atoms with Crippen LogP contribution in [0.2, 0.25) is 0 Å². The predicted molar refractivity (Wildman–Crippen MR) is 82.4 cm³/mol. The molecule has 3 N–H and O–H groups in total. The molecule has 0 fully saturated rings. The molecular formula is C14H16FN3O2S. The Balaban J connectivity index is 2.45. The molecule has 0 atom stereocenters. The molecule has 112 valence electrons. The minimum atomic E-state index is -4.05. The number of benzene rings is 2. The average molecular weight is 309 g/mol. The van der Waals surface area contributed by atoms with Gasteiger partial charge >= 0.3 is 0 Å². The van der Waals surface area contributed by atoms with Crippen LogP contribution in [0.5, 0.6) is 0 Å². The first kappa shape index (κ1) is 15.1. The molecule has 2 aromatic rings. The summed E-state index contributed by atoms with van der Waals surface area (Å²) in [7, 11) is -0.482. The Labute approximate surface area is 123 Å². The lowest BCUT2D eigenvalue weighted by Crippen LogP contribution is -2.18. The lowest BCUT2D eigenvalue weighted by Gasteiger charge is -2.18. The van der Waals surface area contributed by atoms with Gasteiger partial charge < -0.3 is 10.6 Å². The molecule has 0 aromatic heterocycles. The summed E-state index contributed by atoms with van der Waals surface area (Å²) in [6.45, 7) is 0. The van der Waals surface area contributed by atoms with Gasteiger partial charge in [0, 0.05) is 19.8 Å². The number of anilines is 3. The van der Waals surface area contributed by atoms with E-state index < -0.39 is 20.7 Å². The minimum Gasteiger partial charge on any atom is -0.399 e. The maximum absolute atomic E-state index is 13.7. The average Bonchev–Trinajstić information content (AvgIpc) is 2.41. The van der Waals surface area contributed by atoms with Gasteiger partial charge in [0.1, 0.15) is 10.7 Å². The van der Waals surface area contributed by atoms with Crippen LogP contribution in [-0.2, 0) is 10.0 Å². The number of halogens is 1. The van der Waals surface area contributed by atoms with Crippen molar-refractivity contribution in [2.45, 2.75) is 4.90 Å². The molecule has 2 rings (SSSR count). The normalized spacial score (nSPS) is 11.2. The molecule has 7 heteroatoms. The van der Waals surface area contributed by atoms with Crippen LogP contribution in [0, 0.1) is 5.82 Å². The number of para-hydroxylation sites is 2. The quantitative estimate of drug-likeness (QED) is 0.850. The first-order valence-electron chi connectivity index (χ1n) is 6.15. The van der Waals surface area contributed by atoms with E-state index in [1.807, 2.05) is 0 Å². The van der Waals surface area contributed by atoms with Crippen LogP contribution in [0.1, 0.15) is 0 Å². The van der Waals surface area contributed by atoms with Crippen molar-refractivity contribution in [1.82, 2.24) is 0 Å². The molecule has 0 unspecified atom stereocenters. The second-order valence-corrected chi connectivity index (χ2v) is 6.36. The van der Waals surface area contributed by atoms with Crippen molar-refractivity contribution in [3.05, 3.63) is 48.3 Å². The smallest absolute Gasteiger partial charge is 0.264 e. The van der Waals surface area contributed by atoms with Crippen molar-refractivity contribution in [1.29, 1.82) is 0 Å². The van der Waals surface area contributed by atoms with Crippen LogP contribution in [-0.4, -0.2) is 22.5 Å². The van der Waals surface area contributed by atoms with E-state index in [1.165, 1.54) is 6.07 Å². The van der Waals surface area contributed by atoms with Crippen molar-refractivity contribution < 1.29 is 12.8 Å². The number of nitrogens with two attached hydrogens (primary N) is 1. The zero-order valence-corrected chi connectivity index (χ0v) is 12.5. The third-order valence-corrected chi connectivity index (χ3v) is 4.26. The standard InChI is InChI=1S/C14H16FN3O2S/c1-18(2)13-6-4-3-5-12(13)17-21(19,20)14-9-10(16)7-8-11(14)15/h3-9,17H,16H2,1-2H3. The van der Waals surface area contributed by atoms with Gasteiger partial charge in [-0.15, -0.1) is 0 Å². The number of nitrogens with zero attached hydrogens (tertiary/aromatic N) is 1. The second-order valence-electron chi connectivity index (χ2n) is 4.71. The van der Waals surface area contributed by atoms with Gasteiger partial charge in [-0.1, -0.05) is 12.1 Å². The van der Waals surface area contributed by atoms with Gasteiger partial charge in [-0.2, -0.15) is 0 Å². The summed E-state index contributed by atoms with van der Waals surface area (Å²) in [5.74, 6) is -0.848. The van der Waals surface area contributed by atoms with Crippen molar-refractivity contribution in [2.75, 3.05) is 29.5 Å². The van der Waals surface area contributed by atoms with Crippen molar-refractivity contribution in [2.24, 2.45) is 0 Å². The van der Waals surface area contributed by atoms with Gasteiger partial charge in [0.25, 0.3) is 10.0 Å². The molecule has 0 radical (unpaired) electrons. The fourth-order valence-electron chi connectivity index (χ4n) is 1.88. The highest BCUT2D eigenvalue weighted by Crippen LogP contribution is 2.27. The number of sulfonamides is 1. The van der Waals surface area contributed by atoms with E-state index in [2.05, 4.69) is 4.72 Å². The van der Waals surface area contributed by atoms with Crippen LogP contribution in [0.15, 0.2) is 47.4 Å². The molecule has 2 aromatic carbocycles. The Morgan fingerprint density at radius 3 is 2.48 bits per heavy atom. The summed E-state index contributed by atoms with van der Waals surface area (Å²) >= 11 is 0. The van der Waals surface area contributed by atoms with E-state index >= 15 is 0 Å². The Hall–Kier alpha value is -2.28. The number of rotatable bonds is 4. The van der Waals surface area contributed by atoms with Crippen LogP contribution in [0.3, 0.4) is 0 Å². The van der Waals surface area contributed by atoms with Crippen molar-refractivity contribution >= 4 is 27.1 Å². The zero-order chi connectivity index (χ0) is 15.6. The SMILES string of the molecule is CN(C)c1ccccc1NS(=O)(=O)c1cc(N)ccc1F. The third kappa shape index (κ3) is 3.25. The van der Waals surface area contributed by atoms with Gasteiger partial charge in [-0.3, -0.25) is 4.72 Å². The summed E-state index contributed by atoms with van der Waals surface area (Å²) < 4.78 is 40.8. The molecule has 0 heterocycles. The van der Waals surface area contributed by atoms with Crippen molar-refractivity contribution in [3.8, 4) is 0 Å². The molecule has 0 aliphatic heterocycles. The van der Waals surface area contributed by atoms with E-state index in [1.54, 1.807) is 43.3 Å². The highest BCUT2D eigenvalue weighted by Gasteiger charge is 2.21. The summed E-state index contributed by atoms with van der Waals surface area (Å²) in [5.41, 5.74) is 6.74. The van der Waals surface area contributed by atoms with Crippen LogP contribution in [0.4, 0.5) is 21.5 Å². The van der Waals surface area contributed by atoms with Crippen molar-refractivity contribution in [3.63, 3.8) is 0 Å². The highest BCUT2D eigenvalue weighted by molar-refractivity contribution is 7.92. The highest BCUT2D eigenvalue weighted by atomic mass is 32.2. The molecule has 0 aliphatic carbocycles. The molecule has 0 spiro atoms. The summed E-state index contributed by atoms with van der Waals surface area (Å²) in [4.78, 5) is 1.28. The van der Waals surface area contributed by atoms with Crippen LogP contribution < -0.4 is 15.4 Å². The fraction of sp³-hybridized carbons (Fsp3) is 0.143. The van der Waals surface area contributed by atoms with Gasteiger partial charge in [-0.05, 0) is 30.3 Å². The molecule has 0 aliphatic rings. The van der Waals surface area contributed by atoms with E-state index in [0.717, 1.165) is 12.1 Å². The number of hydrogen-bond acceptors (Lipinski definition) is 4. The second kappa shape index (κ2) is 5.61. The molecule has 0 saturated carbocycles. The Kier molecular flexibility index (Phi) is 4.04.